The molecule has 2 aromatic carbocycles. The van der Waals surface area contributed by atoms with Gasteiger partial charge in [-0.15, -0.1) is 0 Å². The number of benzene rings is 2. The van der Waals surface area contributed by atoms with E-state index in [9.17, 15) is 5.11 Å². The van der Waals surface area contributed by atoms with Crippen LogP contribution in [0.2, 0.25) is 0 Å². The maximum Gasteiger partial charge on any atom is 0.137 e. The van der Waals surface area contributed by atoms with Gasteiger partial charge in [-0.1, -0.05) is 42.5 Å². The second kappa shape index (κ2) is 5.94. The fourth-order valence-electron chi connectivity index (χ4n) is 2.50. The molecule has 3 heteroatoms. The van der Waals surface area contributed by atoms with Gasteiger partial charge in [-0.05, 0) is 29.3 Å². The minimum atomic E-state index is -0.719. The summed E-state index contributed by atoms with van der Waals surface area (Å²) in [4.78, 5) is 4.14. The first kappa shape index (κ1) is 13.6. The summed E-state index contributed by atoms with van der Waals surface area (Å²) in [6.45, 7) is 2.50. The number of hydrogen-bond acceptors (Lipinski definition) is 3. The van der Waals surface area contributed by atoms with E-state index >= 15 is 0 Å². The Morgan fingerprint density at radius 1 is 1.10 bits per heavy atom. The third kappa shape index (κ3) is 2.73. The van der Waals surface area contributed by atoms with Gasteiger partial charge in [0.1, 0.15) is 11.9 Å². The number of pyridine rings is 1. The summed E-state index contributed by atoms with van der Waals surface area (Å²) in [5, 5.41) is 12.9. The Morgan fingerprint density at radius 2 is 1.90 bits per heavy atom. The summed E-state index contributed by atoms with van der Waals surface area (Å²) in [7, 11) is 0. The molecular weight excluding hydrogens is 262 g/mol. The third-order valence-corrected chi connectivity index (χ3v) is 3.48. The van der Waals surface area contributed by atoms with Gasteiger partial charge >= 0.3 is 0 Å². The number of aliphatic hydroxyl groups excluding tert-OH is 1. The first-order chi connectivity index (χ1) is 10.3. The zero-order valence-electron chi connectivity index (χ0n) is 11.9. The number of hydrogen-bond donors (Lipinski definition) is 1. The van der Waals surface area contributed by atoms with Crippen LogP contribution in [0.3, 0.4) is 0 Å². The van der Waals surface area contributed by atoms with Gasteiger partial charge in [-0.2, -0.15) is 0 Å². The summed E-state index contributed by atoms with van der Waals surface area (Å²) in [6.07, 6.45) is 2.61. The molecule has 1 atom stereocenters. The van der Waals surface area contributed by atoms with Crippen molar-refractivity contribution in [2.45, 2.75) is 13.0 Å². The molecule has 0 bridgehead atoms. The minimum absolute atomic E-state index is 0.579. The van der Waals surface area contributed by atoms with Crippen LogP contribution in [0.1, 0.15) is 24.2 Å². The molecule has 3 nitrogen and oxygen atoms in total. The minimum Gasteiger partial charge on any atom is -0.492 e. The Bertz CT molecular complexity index is 750. The number of fused-ring (bicyclic) bond motifs is 1. The fraction of sp³-hybridized carbons (Fsp3) is 0.167. The van der Waals surface area contributed by atoms with E-state index in [0.717, 1.165) is 21.9 Å². The zero-order chi connectivity index (χ0) is 14.7. The van der Waals surface area contributed by atoms with Gasteiger partial charge in [-0.25, -0.2) is 0 Å². The van der Waals surface area contributed by atoms with Gasteiger partial charge in [0.05, 0.1) is 12.8 Å². The molecule has 1 aromatic heterocycles. The van der Waals surface area contributed by atoms with E-state index < -0.39 is 6.10 Å². The predicted octanol–water partition coefficient (Wildman–Crippen LogP) is 3.72. The first-order valence-electron chi connectivity index (χ1n) is 7.03. The third-order valence-electron chi connectivity index (χ3n) is 3.48. The van der Waals surface area contributed by atoms with E-state index in [2.05, 4.69) is 4.98 Å². The second-order valence-corrected chi connectivity index (χ2v) is 4.86. The molecule has 1 unspecified atom stereocenters. The normalized spacial score (nSPS) is 12.3. The molecule has 0 saturated heterocycles. The van der Waals surface area contributed by atoms with Gasteiger partial charge in [0.25, 0.3) is 0 Å². The molecule has 3 aromatic rings. The molecule has 0 fully saturated rings. The number of rotatable bonds is 4. The molecule has 21 heavy (non-hydrogen) atoms. The van der Waals surface area contributed by atoms with Crippen molar-refractivity contribution >= 4 is 10.8 Å². The lowest BCUT2D eigenvalue weighted by molar-refractivity contribution is 0.220. The average molecular weight is 279 g/mol. The molecule has 0 aliphatic carbocycles. The Balaban J connectivity index is 2.04. The molecule has 0 amide bonds. The number of ether oxygens (including phenoxy) is 1. The molecule has 0 radical (unpaired) electrons. The SMILES string of the molecule is CCOc1cncc(C(O)c2cccc3ccccc23)c1. The van der Waals surface area contributed by atoms with E-state index in [1.807, 2.05) is 55.5 Å². The van der Waals surface area contributed by atoms with Crippen molar-refractivity contribution < 1.29 is 9.84 Å². The first-order valence-corrected chi connectivity index (χ1v) is 7.03. The molecule has 1 N–H and O–H groups in total. The van der Waals surface area contributed by atoms with Crippen molar-refractivity contribution in [2.24, 2.45) is 0 Å². The zero-order valence-corrected chi connectivity index (χ0v) is 11.9. The topological polar surface area (TPSA) is 42.4 Å². The van der Waals surface area contributed by atoms with Crippen molar-refractivity contribution in [3.8, 4) is 5.75 Å². The van der Waals surface area contributed by atoms with Crippen LogP contribution in [0.5, 0.6) is 5.75 Å². The molecular formula is C18H17NO2. The molecule has 0 saturated carbocycles. The van der Waals surface area contributed by atoms with Gasteiger partial charge in [0.15, 0.2) is 0 Å². The van der Waals surface area contributed by atoms with Crippen LogP contribution < -0.4 is 4.74 Å². The van der Waals surface area contributed by atoms with Crippen LogP contribution in [-0.4, -0.2) is 16.7 Å². The molecule has 0 spiro atoms. The highest BCUT2D eigenvalue weighted by atomic mass is 16.5. The van der Waals surface area contributed by atoms with Gasteiger partial charge in [0.2, 0.25) is 0 Å². The van der Waals surface area contributed by atoms with E-state index in [1.54, 1.807) is 12.4 Å². The van der Waals surface area contributed by atoms with Crippen molar-refractivity contribution in [2.75, 3.05) is 6.61 Å². The molecule has 106 valence electrons. The van der Waals surface area contributed by atoms with Crippen LogP contribution in [0, 0.1) is 0 Å². The summed E-state index contributed by atoms with van der Waals surface area (Å²) < 4.78 is 5.45. The highest BCUT2D eigenvalue weighted by Gasteiger charge is 2.14. The fourth-order valence-corrected chi connectivity index (χ4v) is 2.50. The standard InChI is InChI=1S/C18H17NO2/c1-2-21-15-10-14(11-19-12-15)18(20)17-9-5-7-13-6-3-4-8-16(13)17/h3-12,18,20H,2H2,1H3. The molecule has 1 heterocycles. The Hall–Kier alpha value is -2.39. The lowest BCUT2D eigenvalue weighted by atomic mass is 9.97. The second-order valence-electron chi connectivity index (χ2n) is 4.86. The quantitative estimate of drug-likeness (QED) is 0.791. The van der Waals surface area contributed by atoms with Crippen molar-refractivity contribution in [3.05, 3.63) is 72.1 Å². The maximum atomic E-state index is 10.7. The van der Waals surface area contributed by atoms with E-state index in [4.69, 9.17) is 4.74 Å². The van der Waals surface area contributed by atoms with E-state index in [-0.39, 0.29) is 0 Å². The highest BCUT2D eigenvalue weighted by Crippen LogP contribution is 2.29. The number of aromatic nitrogens is 1. The molecule has 0 aliphatic heterocycles. The van der Waals surface area contributed by atoms with Gasteiger partial charge in [-0.3, -0.25) is 4.98 Å². The van der Waals surface area contributed by atoms with Crippen molar-refractivity contribution in [1.29, 1.82) is 0 Å². The average Bonchev–Trinajstić information content (AvgIpc) is 2.54. The Kier molecular flexibility index (Phi) is 3.84. The molecule has 0 aliphatic rings. The van der Waals surface area contributed by atoms with Crippen molar-refractivity contribution in [1.82, 2.24) is 4.98 Å². The Morgan fingerprint density at radius 3 is 2.76 bits per heavy atom. The van der Waals surface area contributed by atoms with Crippen LogP contribution in [0.25, 0.3) is 10.8 Å². The summed E-state index contributed by atoms with van der Waals surface area (Å²) in [5.74, 6) is 0.675. The molecule has 3 rings (SSSR count). The number of nitrogens with zero attached hydrogens (tertiary/aromatic N) is 1. The summed E-state index contributed by atoms with van der Waals surface area (Å²) in [6, 6.07) is 15.8. The van der Waals surface area contributed by atoms with E-state index in [0.29, 0.717) is 12.4 Å². The smallest absolute Gasteiger partial charge is 0.137 e. The summed E-state index contributed by atoms with van der Waals surface area (Å²) in [5.41, 5.74) is 1.61. The van der Waals surface area contributed by atoms with Crippen LogP contribution in [0.4, 0.5) is 0 Å². The van der Waals surface area contributed by atoms with Crippen LogP contribution in [-0.2, 0) is 0 Å². The number of aliphatic hydroxyl groups is 1. The highest BCUT2D eigenvalue weighted by molar-refractivity contribution is 5.86. The lowest BCUT2D eigenvalue weighted by Crippen LogP contribution is -2.02. The maximum absolute atomic E-state index is 10.7. The predicted molar refractivity (Wildman–Crippen MR) is 83.4 cm³/mol. The monoisotopic (exact) mass is 279 g/mol. The summed E-state index contributed by atoms with van der Waals surface area (Å²) >= 11 is 0. The largest absolute Gasteiger partial charge is 0.492 e. The van der Waals surface area contributed by atoms with Crippen molar-refractivity contribution in [3.63, 3.8) is 0 Å². The van der Waals surface area contributed by atoms with Gasteiger partial charge in [0, 0.05) is 11.8 Å². The van der Waals surface area contributed by atoms with Crippen LogP contribution >= 0.6 is 0 Å². The van der Waals surface area contributed by atoms with Crippen LogP contribution in [0.15, 0.2) is 60.9 Å². The van der Waals surface area contributed by atoms with Gasteiger partial charge < -0.3 is 9.84 Å². The van der Waals surface area contributed by atoms with E-state index in [1.165, 1.54) is 0 Å². The Labute approximate surface area is 123 Å². The lowest BCUT2D eigenvalue weighted by Gasteiger charge is -2.15.